The van der Waals surface area contributed by atoms with Crippen molar-refractivity contribution in [3.8, 4) is 0 Å². The zero-order chi connectivity index (χ0) is 17.4. The van der Waals surface area contributed by atoms with Gasteiger partial charge in [0.05, 0.1) is 16.9 Å². The molecule has 2 aromatic rings. The van der Waals surface area contributed by atoms with Crippen LogP contribution in [0.25, 0.3) is 0 Å². The van der Waals surface area contributed by atoms with Crippen molar-refractivity contribution in [3.63, 3.8) is 0 Å². The second-order valence-corrected chi connectivity index (χ2v) is 6.60. The Hall–Kier alpha value is -2.40. The fourth-order valence-corrected chi connectivity index (χ4v) is 3.35. The average Bonchev–Trinajstić information content (AvgIpc) is 2.54. The van der Waals surface area contributed by atoms with Crippen LogP contribution in [-0.2, 0) is 4.79 Å². The third kappa shape index (κ3) is 2.76. The number of nitrogens with zero attached hydrogens (tertiary/aromatic N) is 2. The normalized spacial score (nSPS) is 20.2. The van der Waals surface area contributed by atoms with Crippen LogP contribution in [0.4, 0.5) is 5.69 Å². The Labute approximate surface area is 145 Å². The predicted octanol–water partition coefficient (Wildman–Crippen LogP) is 4.32. The van der Waals surface area contributed by atoms with E-state index in [4.69, 9.17) is 11.6 Å². The van der Waals surface area contributed by atoms with Crippen molar-refractivity contribution in [2.45, 2.75) is 31.8 Å². The molecule has 5 nitrogen and oxygen atoms in total. The molecule has 1 aliphatic heterocycles. The van der Waals surface area contributed by atoms with Gasteiger partial charge in [0.1, 0.15) is 0 Å². The molecule has 3 rings (SSSR count). The summed E-state index contributed by atoms with van der Waals surface area (Å²) in [6, 6.07) is 13.6. The topological polar surface area (TPSA) is 63.5 Å². The summed E-state index contributed by atoms with van der Waals surface area (Å²) in [5, 5.41) is 11.5. The average molecular weight is 345 g/mol. The Morgan fingerprint density at radius 3 is 2.08 bits per heavy atom. The fourth-order valence-electron chi connectivity index (χ4n) is 3.23. The van der Waals surface area contributed by atoms with Crippen LogP contribution in [-0.4, -0.2) is 21.8 Å². The van der Waals surface area contributed by atoms with E-state index in [0.717, 1.165) is 11.1 Å². The van der Waals surface area contributed by atoms with E-state index in [1.165, 1.54) is 12.1 Å². The maximum Gasteiger partial charge on any atom is 0.269 e. The summed E-state index contributed by atoms with van der Waals surface area (Å²) in [5.74, 6) is -0.221. The lowest BCUT2D eigenvalue weighted by Gasteiger charge is -2.50. The molecule has 0 aromatic heterocycles. The fraction of sp³-hybridized carbons (Fsp3) is 0.278. The van der Waals surface area contributed by atoms with E-state index < -0.39 is 4.92 Å². The molecule has 1 fully saturated rings. The van der Waals surface area contributed by atoms with Gasteiger partial charge in [-0.2, -0.15) is 0 Å². The van der Waals surface area contributed by atoms with Crippen LogP contribution < -0.4 is 0 Å². The molecule has 0 unspecified atom stereocenters. The van der Waals surface area contributed by atoms with Crippen LogP contribution >= 0.6 is 11.6 Å². The zero-order valence-corrected chi connectivity index (χ0v) is 14.1. The van der Waals surface area contributed by atoms with Gasteiger partial charge in [-0.3, -0.25) is 14.9 Å². The zero-order valence-electron chi connectivity index (χ0n) is 13.3. The third-order valence-electron chi connectivity index (χ3n) is 4.37. The van der Waals surface area contributed by atoms with Crippen molar-refractivity contribution in [1.82, 2.24) is 4.90 Å². The number of hydrogen-bond acceptors (Lipinski definition) is 3. The molecular formula is C18H17ClN2O3. The number of halogens is 1. The molecule has 0 N–H and O–H groups in total. The Bertz CT molecular complexity index is 772. The molecule has 2 atom stereocenters. The van der Waals surface area contributed by atoms with Gasteiger partial charge in [0.2, 0.25) is 5.91 Å². The molecule has 2 aromatic carbocycles. The minimum absolute atomic E-state index is 0.0449. The maximum absolute atomic E-state index is 12.6. The number of carbonyl (C=O) groups is 1. The Morgan fingerprint density at radius 2 is 1.58 bits per heavy atom. The molecule has 0 aliphatic carbocycles. The van der Waals surface area contributed by atoms with E-state index in [2.05, 4.69) is 0 Å². The number of rotatable bonds is 4. The van der Waals surface area contributed by atoms with Gasteiger partial charge in [0.25, 0.3) is 5.69 Å². The van der Waals surface area contributed by atoms with Crippen molar-refractivity contribution >= 4 is 23.2 Å². The quantitative estimate of drug-likeness (QED) is 0.471. The molecule has 0 radical (unpaired) electrons. The molecule has 1 heterocycles. The molecule has 1 amide bonds. The van der Waals surface area contributed by atoms with Crippen molar-refractivity contribution < 1.29 is 9.72 Å². The van der Waals surface area contributed by atoms with E-state index in [9.17, 15) is 14.9 Å². The van der Waals surface area contributed by atoms with Crippen LogP contribution in [0.5, 0.6) is 0 Å². The number of likely N-dealkylation sites (tertiary alicyclic amines) is 1. The van der Waals surface area contributed by atoms with Gasteiger partial charge in [0.15, 0.2) is 0 Å². The van der Waals surface area contributed by atoms with Gasteiger partial charge in [-0.1, -0.05) is 35.9 Å². The van der Waals surface area contributed by atoms with Crippen LogP contribution in [0, 0.1) is 10.1 Å². The highest BCUT2D eigenvalue weighted by molar-refractivity contribution is 6.30. The Kier molecular flexibility index (Phi) is 4.28. The largest absolute Gasteiger partial charge is 0.331 e. The number of carbonyl (C=O) groups excluding carboxylic acids is 1. The van der Waals surface area contributed by atoms with Gasteiger partial charge in [-0.05, 0) is 37.1 Å². The van der Waals surface area contributed by atoms with Crippen molar-refractivity contribution in [2.24, 2.45) is 0 Å². The Balaban J connectivity index is 1.97. The molecular weight excluding hydrogens is 328 g/mol. The molecule has 0 saturated carbocycles. The molecule has 24 heavy (non-hydrogen) atoms. The van der Waals surface area contributed by atoms with Gasteiger partial charge < -0.3 is 4.90 Å². The summed E-state index contributed by atoms with van der Waals surface area (Å²) in [6.45, 7) is 3.93. The number of β-lactam (4-membered cyclic amide) rings is 1. The van der Waals surface area contributed by atoms with Crippen LogP contribution in [0.15, 0.2) is 48.5 Å². The second-order valence-electron chi connectivity index (χ2n) is 6.16. The lowest BCUT2D eigenvalue weighted by atomic mass is 9.77. The van der Waals surface area contributed by atoms with Crippen molar-refractivity contribution in [2.75, 3.05) is 0 Å². The lowest BCUT2D eigenvalue weighted by Crippen LogP contribution is -2.56. The van der Waals surface area contributed by atoms with E-state index >= 15 is 0 Å². The smallest absolute Gasteiger partial charge is 0.269 e. The van der Waals surface area contributed by atoms with Crippen LogP contribution in [0.1, 0.15) is 36.9 Å². The van der Waals surface area contributed by atoms with E-state index in [0.29, 0.717) is 5.02 Å². The highest BCUT2D eigenvalue weighted by Gasteiger charge is 2.49. The van der Waals surface area contributed by atoms with Gasteiger partial charge in [-0.25, -0.2) is 0 Å². The van der Waals surface area contributed by atoms with Crippen LogP contribution in [0.2, 0.25) is 5.02 Å². The number of non-ortho nitro benzene ring substituents is 1. The number of nitro groups is 1. The summed E-state index contributed by atoms with van der Waals surface area (Å²) in [7, 11) is 0. The third-order valence-corrected chi connectivity index (χ3v) is 4.62. The SMILES string of the molecule is CC(C)N1C(=O)[C@@H](c2ccc(Cl)cc2)[C@@H]1c1ccc([N+](=O)[O-])cc1. The minimum atomic E-state index is -0.424. The molecule has 6 heteroatoms. The molecule has 0 bridgehead atoms. The van der Waals surface area contributed by atoms with Gasteiger partial charge in [-0.15, -0.1) is 0 Å². The first kappa shape index (κ1) is 16.5. The van der Waals surface area contributed by atoms with E-state index in [1.54, 1.807) is 24.3 Å². The highest BCUT2D eigenvalue weighted by atomic mass is 35.5. The number of amides is 1. The molecule has 124 valence electrons. The first-order valence-corrected chi connectivity index (χ1v) is 8.10. The standard InChI is InChI=1S/C18H17ClN2O3/c1-11(2)20-17(13-5-9-15(10-6-13)21(23)24)16(18(20)22)12-3-7-14(19)8-4-12/h3-11,16-17H,1-2H3/t16-,17-/m0/s1. The summed E-state index contributed by atoms with van der Waals surface area (Å²) in [4.78, 5) is 24.9. The summed E-state index contributed by atoms with van der Waals surface area (Å²) >= 11 is 5.93. The molecule has 1 aliphatic rings. The molecule has 1 saturated heterocycles. The van der Waals surface area contributed by atoms with Crippen molar-refractivity contribution in [1.29, 1.82) is 0 Å². The lowest BCUT2D eigenvalue weighted by molar-refractivity contribution is -0.384. The first-order chi connectivity index (χ1) is 11.4. The van der Waals surface area contributed by atoms with Crippen LogP contribution in [0.3, 0.4) is 0 Å². The summed E-state index contributed by atoms with van der Waals surface area (Å²) in [5.41, 5.74) is 1.85. The monoisotopic (exact) mass is 344 g/mol. The molecule has 0 spiro atoms. The van der Waals surface area contributed by atoms with E-state index in [1.807, 2.05) is 30.9 Å². The summed E-state index contributed by atoms with van der Waals surface area (Å²) < 4.78 is 0. The minimum Gasteiger partial charge on any atom is -0.331 e. The number of benzene rings is 2. The van der Waals surface area contributed by atoms with Gasteiger partial charge in [0, 0.05) is 23.2 Å². The summed E-state index contributed by atoms with van der Waals surface area (Å²) in [6.07, 6.45) is 0. The van der Waals surface area contributed by atoms with Crippen molar-refractivity contribution in [3.05, 3.63) is 74.8 Å². The maximum atomic E-state index is 12.6. The Morgan fingerprint density at radius 1 is 1.04 bits per heavy atom. The number of hydrogen-bond donors (Lipinski definition) is 0. The number of nitro benzene ring substituents is 1. The predicted molar refractivity (Wildman–Crippen MR) is 92.0 cm³/mol. The first-order valence-electron chi connectivity index (χ1n) is 7.72. The highest BCUT2D eigenvalue weighted by Crippen LogP contribution is 2.47. The van der Waals surface area contributed by atoms with E-state index in [-0.39, 0.29) is 29.6 Å². The van der Waals surface area contributed by atoms with Gasteiger partial charge >= 0.3 is 0 Å². The second kappa shape index (κ2) is 6.24.